The minimum Gasteiger partial charge on any atom is -0.351 e. The van der Waals surface area contributed by atoms with E-state index in [1.807, 2.05) is 19.0 Å². The molecule has 7 nitrogen and oxygen atoms in total. The van der Waals surface area contributed by atoms with Gasteiger partial charge in [0.25, 0.3) is 11.8 Å². The first-order valence-electron chi connectivity index (χ1n) is 7.81. The molecule has 1 atom stereocenters. The van der Waals surface area contributed by atoms with Gasteiger partial charge in [-0.1, -0.05) is 6.07 Å². The Morgan fingerprint density at radius 2 is 1.88 bits per heavy atom. The number of nitrogens with zero attached hydrogens (tertiary/aromatic N) is 1. The van der Waals surface area contributed by atoms with Gasteiger partial charge in [-0.05, 0) is 38.7 Å². The second kappa shape index (κ2) is 7.76. The van der Waals surface area contributed by atoms with Crippen molar-refractivity contribution in [2.45, 2.75) is 12.5 Å². The molecule has 1 aromatic carbocycles. The Balaban J connectivity index is 1.96. The molecule has 2 amide bonds. The van der Waals surface area contributed by atoms with Crippen molar-refractivity contribution >= 4 is 21.7 Å². The molecule has 1 aliphatic heterocycles. The molecule has 1 aliphatic rings. The summed E-state index contributed by atoms with van der Waals surface area (Å²) in [6.07, 6.45) is 0.429. The number of carbonyl (C=O) groups is 2. The van der Waals surface area contributed by atoms with Gasteiger partial charge in [0.2, 0.25) is 0 Å². The maximum absolute atomic E-state index is 12.2. The molecule has 1 saturated heterocycles. The molecule has 0 saturated carbocycles. The van der Waals surface area contributed by atoms with E-state index in [-0.39, 0.29) is 29.4 Å². The third-order valence-corrected chi connectivity index (χ3v) is 5.57. The van der Waals surface area contributed by atoms with Crippen molar-refractivity contribution < 1.29 is 18.0 Å². The van der Waals surface area contributed by atoms with Crippen molar-refractivity contribution in [2.75, 3.05) is 38.7 Å². The highest BCUT2D eigenvalue weighted by Gasteiger charge is 2.29. The highest BCUT2D eigenvalue weighted by Crippen LogP contribution is 2.13. The molecule has 1 aromatic rings. The molecule has 132 valence electrons. The predicted molar refractivity (Wildman–Crippen MR) is 91.9 cm³/mol. The maximum Gasteiger partial charge on any atom is 0.251 e. The first-order valence-corrected chi connectivity index (χ1v) is 9.63. The zero-order chi connectivity index (χ0) is 17.7. The SMILES string of the molecule is CN(C)CCNC(=O)c1cccc(C(=O)NC2CCS(=O)(=O)C2)c1. The molecular formula is C16H23N3O4S. The van der Waals surface area contributed by atoms with Gasteiger partial charge in [0.15, 0.2) is 9.84 Å². The van der Waals surface area contributed by atoms with Gasteiger partial charge in [-0.25, -0.2) is 8.42 Å². The number of hydrogen-bond acceptors (Lipinski definition) is 5. The van der Waals surface area contributed by atoms with Crippen molar-refractivity contribution in [1.82, 2.24) is 15.5 Å². The van der Waals surface area contributed by atoms with Crippen molar-refractivity contribution in [3.63, 3.8) is 0 Å². The summed E-state index contributed by atoms with van der Waals surface area (Å²) in [4.78, 5) is 26.3. The molecule has 2 N–H and O–H groups in total. The Bertz CT molecular complexity index is 716. The lowest BCUT2D eigenvalue weighted by Crippen LogP contribution is -2.36. The fourth-order valence-electron chi connectivity index (χ4n) is 2.47. The number of amides is 2. The van der Waals surface area contributed by atoms with Gasteiger partial charge in [-0.3, -0.25) is 9.59 Å². The van der Waals surface area contributed by atoms with E-state index < -0.39 is 9.84 Å². The molecule has 0 radical (unpaired) electrons. The fourth-order valence-corrected chi connectivity index (χ4v) is 4.15. The normalized spacial score (nSPS) is 19.2. The van der Waals surface area contributed by atoms with Crippen LogP contribution in [-0.2, 0) is 9.84 Å². The summed E-state index contributed by atoms with van der Waals surface area (Å²) in [6.45, 7) is 1.24. The largest absolute Gasteiger partial charge is 0.351 e. The number of carbonyl (C=O) groups excluding carboxylic acids is 2. The van der Waals surface area contributed by atoms with Crippen LogP contribution in [0, 0.1) is 0 Å². The third-order valence-electron chi connectivity index (χ3n) is 3.80. The van der Waals surface area contributed by atoms with Crippen molar-refractivity contribution in [3.8, 4) is 0 Å². The molecule has 1 unspecified atom stereocenters. The second-order valence-electron chi connectivity index (χ2n) is 6.21. The van der Waals surface area contributed by atoms with Gasteiger partial charge in [-0.15, -0.1) is 0 Å². The first-order chi connectivity index (χ1) is 11.3. The van der Waals surface area contributed by atoms with E-state index in [1.165, 1.54) is 6.07 Å². The van der Waals surface area contributed by atoms with Crippen LogP contribution in [0.1, 0.15) is 27.1 Å². The zero-order valence-electron chi connectivity index (χ0n) is 13.9. The van der Waals surface area contributed by atoms with E-state index in [1.54, 1.807) is 18.2 Å². The summed E-state index contributed by atoms with van der Waals surface area (Å²) in [5, 5.41) is 5.51. The van der Waals surface area contributed by atoms with Crippen LogP contribution in [0.2, 0.25) is 0 Å². The summed E-state index contributed by atoms with van der Waals surface area (Å²) in [5.74, 6) is -0.523. The van der Waals surface area contributed by atoms with E-state index in [2.05, 4.69) is 10.6 Å². The highest BCUT2D eigenvalue weighted by atomic mass is 32.2. The number of sulfone groups is 1. The smallest absolute Gasteiger partial charge is 0.251 e. The zero-order valence-corrected chi connectivity index (χ0v) is 14.7. The number of rotatable bonds is 6. The first kappa shape index (κ1) is 18.4. The molecule has 24 heavy (non-hydrogen) atoms. The summed E-state index contributed by atoms with van der Waals surface area (Å²) in [6, 6.07) is 6.04. The van der Waals surface area contributed by atoms with Crippen LogP contribution in [0.3, 0.4) is 0 Å². The van der Waals surface area contributed by atoms with Crippen molar-refractivity contribution in [3.05, 3.63) is 35.4 Å². The maximum atomic E-state index is 12.2. The lowest BCUT2D eigenvalue weighted by atomic mass is 10.1. The average Bonchev–Trinajstić information content (AvgIpc) is 2.85. The molecule has 0 aromatic heterocycles. The van der Waals surface area contributed by atoms with Gasteiger partial charge in [0.1, 0.15) is 0 Å². The summed E-state index contributed by atoms with van der Waals surface area (Å²) in [7, 11) is 0.789. The third kappa shape index (κ3) is 5.31. The number of likely N-dealkylation sites (N-methyl/N-ethyl adjacent to an activating group) is 1. The molecule has 8 heteroatoms. The lowest BCUT2D eigenvalue weighted by Gasteiger charge is -2.12. The predicted octanol–water partition coefficient (Wildman–Crippen LogP) is -0.105. The van der Waals surface area contributed by atoms with Crippen molar-refractivity contribution in [1.29, 1.82) is 0 Å². The number of benzene rings is 1. The molecular weight excluding hydrogens is 330 g/mol. The van der Waals surface area contributed by atoms with Crippen LogP contribution in [0.5, 0.6) is 0 Å². The van der Waals surface area contributed by atoms with Gasteiger partial charge in [0.05, 0.1) is 11.5 Å². The molecule has 1 heterocycles. The lowest BCUT2D eigenvalue weighted by molar-refractivity contribution is 0.0941. The Morgan fingerprint density at radius 1 is 1.21 bits per heavy atom. The van der Waals surface area contributed by atoms with Crippen LogP contribution in [0.15, 0.2) is 24.3 Å². The molecule has 0 spiro atoms. The van der Waals surface area contributed by atoms with Crippen molar-refractivity contribution in [2.24, 2.45) is 0 Å². The minimum atomic E-state index is -3.05. The number of hydrogen-bond donors (Lipinski definition) is 2. The number of nitrogens with one attached hydrogen (secondary N) is 2. The second-order valence-corrected chi connectivity index (χ2v) is 8.44. The average molecular weight is 353 g/mol. The van der Waals surface area contributed by atoms with Gasteiger partial charge < -0.3 is 15.5 Å². The monoisotopic (exact) mass is 353 g/mol. The van der Waals surface area contributed by atoms with Crippen LogP contribution in [0.4, 0.5) is 0 Å². The summed E-state index contributed by atoms with van der Waals surface area (Å²) >= 11 is 0. The van der Waals surface area contributed by atoms with Crippen LogP contribution in [-0.4, -0.2) is 69.9 Å². The molecule has 0 aliphatic carbocycles. The Labute approximate surface area is 142 Å². The van der Waals surface area contributed by atoms with Gasteiger partial charge in [0, 0.05) is 30.3 Å². The van der Waals surface area contributed by atoms with E-state index in [9.17, 15) is 18.0 Å². The van der Waals surface area contributed by atoms with Crippen LogP contribution < -0.4 is 10.6 Å². The quantitative estimate of drug-likeness (QED) is 0.744. The molecule has 1 fully saturated rings. The fraction of sp³-hybridized carbons (Fsp3) is 0.500. The van der Waals surface area contributed by atoms with E-state index in [4.69, 9.17) is 0 Å². The topological polar surface area (TPSA) is 95.6 Å². The van der Waals surface area contributed by atoms with E-state index >= 15 is 0 Å². The van der Waals surface area contributed by atoms with Crippen LogP contribution in [0.25, 0.3) is 0 Å². The van der Waals surface area contributed by atoms with Gasteiger partial charge in [-0.2, -0.15) is 0 Å². The molecule has 0 bridgehead atoms. The Morgan fingerprint density at radius 3 is 2.46 bits per heavy atom. The Hall–Kier alpha value is -1.93. The van der Waals surface area contributed by atoms with Gasteiger partial charge >= 0.3 is 0 Å². The van der Waals surface area contributed by atoms with E-state index in [0.717, 1.165) is 6.54 Å². The summed E-state index contributed by atoms with van der Waals surface area (Å²) in [5.41, 5.74) is 0.750. The summed E-state index contributed by atoms with van der Waals surface area (Å²) < 4.78 is 22.9. The van der Waals surface area contributed by atoms with E-state index in [0.29, 0.717) is 24.1 Å². The minimum absolute atomic E-state index is 0.0244. The van der Waals surface area contributed by atoms with Crippen LogP contribution >= 0.6 is 0 Å². The Kier molecular flexibility index (Phi) is 5.95. The highest BCUT2D eigenvalue weighted by molar-refractivity contribution is 7.91. The standard InChI is InChI=1S/C16H23N3O4S/c1-19(2)8-7-17-15(20)12-4-3-5-13(10-12)16(21)18-14-6-9-24(22,23)11-14/h3-5,10,14H,6-9,11H2,1-2H3,(H,17,20)(H,18,21). The molecule has 2 rings (SSSR count).